The van der Waals surface area contributed by atoms with Gasteiger partial charge in [-0.15, -0.1) is 11.3 Å². The molecule has 1 aromatic carbocycles. The maximum atomic E-state index is 12.7. The maximum Gasteiger partial charge on any atom is 0.237 e. The molecule has 0 saturated heterocycles. The monoisotopic (exact) mass is 442 g/mol. The average Bonchev–Trinajstić information content (AvgIpc) is 3.31. The van der Waals surface area contributed by atoms with E-state index in [4.69, 9.17) is 20.2 Å². The first-order chi connectivity index (χ1) is 14.5. The van der Waals surface area contributed by atoms with Crippen LogP contribution in [0.1, 0.15) is 30.7 Å². The lowest BCUT2D eigenvalue weighted by molar-refractivity contribution is -0.115. The van der Waals surface area contributed by atoms with Crippen LogP contribution in [0.5, 0.6) is 11.5 Å². The van der Waals surface area contributed by atoms with Gasteiger partial charge in [-0.3, -0.25) is 4.79 Å². The van der Waals surface area contributed by atoms with Crippen LogP contribution in [0.2, 0.25) is 0 Å². The number of hydrogen-bond donors (Lipinski definition) is 2. The predicted molar refractivity (Wildman–Crippen MR) is 120 cm³/mol. The number of hydrogen-bond acceptors (Lipinski definition) is 8. The van der Waals surface area contributed by atoms with Gasteiger partial charge in [0.15, 0.2) is 16.7 Å². The van der Waals surface area contributed by atoms with Gasteiger partial charge in [-0.25, -0.2) is 9.97 Å². The van der Waals surface area contributed by atoms with Crippen molar-refractivity contribution in [3.8, 4) is 11.5 Å². The molecule has 1 amide bonds. The number of rotatable bonds is 4. The normalized spacial score (nSPS) is 18.3. The molecule has 1 aliphatic heterocycles. The highest BCUT2D eigenvalue weighted by molar-refractivity contribution is 8.00. The fraction of sp³-hybridized carbons (Fsp3) is 0.381. The Morgan fingerprint density at radius 2 is 2.17 bits per heavy atom. The Bertz CT molecular complexity index is 1150. The quantitative estimate of drug-likeness (QED) is 0.460. The van der Waals surface area contributed by atoms with E-state index in [-0.39, 0.29) is 18.0 Å². The third-order valence-corrected chi connectivity index (χ3v) is 7.56. The van der Waals surface area contributed by atoms with Gasteiger partial charge in [0.05, 0.1) is 10.6 Å². The van der Waals surface area contributed by atoms with E-state index in [9.17, 15) is 4.79 Å². The second-order valence-electron chi connectivity index (χ2n) is 7.74. The lowest BCUT2D eigenvalue weighted by atomic mass is 9.89. The Labute approximate surface area is 182 Å². The number of nitrogen functional groups attached to an aromatic ring is 1. The standard InChI is InChI=1S/C21H22N4O3S2/c1-10-3-5-13-16(7-10)30-20-17(13)18(22)24-21(25-20)29-11(2)19(26)23-12-4-6-14-15(8-12)28-9-27-14/h4,6,8,10-11H,3,5,7,9H2,1-2H3,(H,23,26)(H2,22,24,25). The number of carbonyl (C=O) groups excluding carboxylic acids is 1. The lowest BCUT2D eigenvalue weighted by Crippen LogP contribution is -2.22. The van der Waals surface area contributed by atoms with Crippen LogP contribution in [0.25, 0.3) is 10.2 Å². The number of benzene rings is 1. The highest BCUT2D eigenvalue weighted by Crippen LogP contribution is 2.40. The number of aromatic nitrogens is 2. The number of amides is 1. The SMILES string of the molecule is CC1CCc2c(sc3nc(SC(C)C(=O)Nc4ccc5c(c4)OCO5)nc(N)c23)C1. The molecular weight excluding hydrogens is 420 g/mol. The summed E-state index contributed by atoms with van der Waals surface area (Å²) in [6, 6.07) is 5.34. The maximum absolute atomic E-state index is 12.7. The molecule has 0 radical (unpaired) electrons. The molecular formula is C21H22N4O3S2. The van der Waals surface area contributed by atoms with Crippen LogP contribution in [-0.4, -0.2) is 27.9 Å². The van der Waals surface area contributed by atoms with E-state index in [0.717, 1.165) is 23.1 Å². The van der Waals surface area contributed by atoms with Crippen molar-refractivity contribution >= 4 is 50.7 Å². The van der Waals surface area contributed by atoms with Crippen LogP contribution in [0.15, 0.2) is 23.4 Å². The Kier molecular flexibility index (Phi) is 4.94. The van der Waals surface area contributed by atoms with E-state index < -0.39 is 0 Å². The van der Waals surface area contributed by atoms with Crippen LogP contribution in [0, 0.1) is 5.92 Å². The summed E-state index contributed by atoms with van der Waals surface area (Å²) in [5, 5.41) is 4.05. The van der Waals surface area contributed by atoms with Crippen LogP contribution >= 0.6 is 23.1 Å². The Hall–Kier alpha value is -2.52. The molecule has 7 nitrogen and oxygen atoms in total. The second kappa shape index (κ2) is 7.63. The van der Waals surface area contributed by atoms with Crippen molar-refractivity contribution in [1.29, 1.82) is 0 Å². The summed E-state index contributed by atoms with van der Waals surface area (Å²) in [6.07, 6.45) is 3.28. The highest BCUT2D eigenvalue weighted by Gasteiger charge is 2.24. The van der Waals surface area contributed by atoms with Crippen LogP contribution in [0.3, 0.4) is 0 Å². The van der Waals surface area contributed by atoms with Crippen molar-refractivity contribution < 1.29 is 14.3 Å². The molecule has 0 bridgehead atoms. The zero-order valence-electron chi connectivity index (χ0n) is 16.7. The van der Waals surface area contributed by atoms with Gasteiger partial charge in [0, 0.05) is 16.6 Å². The van der Waals surface area contributed by atoms with Crippen molar-refractivity contribution in [3.63, 3.8) is 0 Å². The first-order valence-electron chi connectivity index (χ1n) is 9.93. The van der Waals surface area contributed by atoms with Crippen molar-refractivity contribution in [1.82, 2.24) is 9.97 Å². The van der Waals surface area contributed by atoms with E-state index in [0.29, 0.717) is 34.1 Å². The molecule has 2 aromatic heterocycles. The first kappa shape index (κ1) is 19.4. The van der Waals surface area contributed by atoms with E-state index in [1.165, 1.54) is 28.6 Å². The molecule has 9 heteroatoms. The Morgan fingerprint density at radius 3 is 3.03 bits per heavy atom. The van der Waals surface area contributed by atoms with Gasteiger partial charge in [0.1, 0.15) is 10.6 Å². The van der Waals surface area contributed by atoms with E-state index in [1.54, 1.807) is 29.5 Å². The number of nitrogens with zero attached hydrogens (tertiary/aromatic N) is 2. The summed E-state index contributed by atoms with van der Waals surface area (Å²) >= 11 is 3.02. The number of carbonyl (C=O) groups is 1. The molecule has 2 aliphatic rings. The third kappa shape index (κ3) is 3.56. The minimum Gasteiger partial charge on any atom is -0.454 e. The number of thioether (sulfide) groups is 1. The Morgan fingerprint density at radius 1 is 1.33 bits per heavy atom. The molecule has 0 fully saturated rings. The zero-order chi connectivity index (χ0) is 20.8. The van der Waals surface area contributed by atoms with Crippen LogP contribution in [0.4, 0.5) is 11.5 Å². The van der Waals surface area contributed by atoms with E-state index in [1.807, 2.05) is 6.92 Å². The number of anilines is 2. The Balaban J connectivity index is 1.33. The number of ether oxygens (including phenoxy) is 2. The third-order valence-electron chi connectivity index (χ3n) is 5.45. The van der Waals surface area contributed by atoms with Crippen molar-refractivity contribution in [3.05, 3.63) is 28.6 Å². The fourth-order valence-electron chi connectivity index (χ4n) is 3.83. The van der Waals surface area contributed by atoms with E-state index >= 15 is 0 Å². The van der Waals surface area contributed by atoms with Crippen molar-refractivity contribution in [2.45, 2.75) is 43.5 Å². The molecule has 2 unspecified atom stereocenters. The minimum absolute atomic E-state index is 0.138. The number of nitrogens with one attached hydrogen (secondary N) is 1. The minimum atomic E-state index is -0.387. The van der Waals surface area contributed by atoms with Crippen LogP contribution < -0.4 is 20.5 Å². The van der Waals surface area contributed by atoms with Crippen molar-refractivity contribution in [2.75, 3.05) is 17.8 Å². The summed E-state index contributed by atoms with van der Waals surface area (Å²) in [6.45, 7) is 4.31. The molecule has 0 saturated carbocycles. The molecule has 5 rings (SSSR count). The lowest BCUT2D eigenvalue weighted by Gasteiger charge is -2.17. The summed E-state index contributed by atoms with van der Waals surface area (Å²) in [7, 11) is 0. The zero-order valence-corrected chi connectivity index (χ0v) is 18.4. The van der Waals surface area contributed by atoms with Crippen LogP contribution in [-0.2, 0) is 17.6 Å². The molecule has 3 heterocycles. The number of nitrogens with two attached hydrogens (primary N) is 1. The molecule has 1 aliphatic carbocycles. The summed E-state index contributed by atoms with van der Waals surface area (Å²) in [4.78, 5) is 24.2. The molecule has 0 spiro atoms. The van der Waals surface area contributed by atoms with Crippen molar-refractivity contribution in [2.24, 2.45) is 5.92 Å². The summed E-state index contributed by atoms with van der Waals surface area (Å²) in [5.41, 5.74) is 8.28. The van der Waals surface area contributed by atoms with Gasteiger partial charge >= 0.3 is 0 Å². The molecule has 2 atom stereocenters. The summed E-state index contributed by atoms with van der Waals surface area (Å²) in [5.74, 6) is 2.37. The van der Waals surface area contributed by atoms with Gasteiger partial charge in [-0.2, -0.15) is 0 Å². The number of thiophene rings is 1. The number of fused-ring (bicyclic) bond motifs is 4. The van der Waals surface area contributed by atoms with Gasteiger partial charge in [0.25, 0.3) is 0 Å². The van der Waals surface area contributed by atoms with Gasteiger partial charge < -0.3 is 20.5 Å². The second-order valence-corrected chi connectivity index (χ2v) is 10.1. The molecule has 30 heavy (non-hydrogen) atoms. The van der Waals surface area contributed by atoms with E-state index in [2.05, 4.69) is 17.2 Å². The smallest absolute Gasteiger partial charge is 0.237 e. The first-order valence-corrected chi connectivity index (χ1v) is 11.6. The molecule has 156 valence electrons. The largest absolute Gasteiger partial charge is 0.454 e. The highest BCUT2D eigenvalue weighted by atomic mass is 32.2. The average molecular weight is 443 g/mol. The number of aryl methyl sites for hydroxylation is 1. The van der Waals surface area contributed by atoms with Gasteiger partial charge in [-0.1, -0.05) is 18.7 Å². The molecule has 3 N–H and O–H groups in total. The van der Waals surface area contributed by atoms with Gasteiger partial charge in [-0.05, 0) is 49.8 Å². The topological polar surface area (TPSA) is 99.4 Å². The predicted octanol–water partition coefficient (Wildman–Crippen LogP) is 4.25. The van der Waals surface area contributed by atoms with Gasteiger partial charge in [0.2, 0.25) is 12.7 Å². The summed E-state index contributed by atoms with van der Waals surface area (Å²) < 4.78 is 10.7. The molecule has 3 aromatic rings. The fourth-order valence-corrected chi connectivity index (χ4v) is 6.06.